The maximum absolute atomic E-state index is 13.3. The first-order valence-electron chi connectivity index (χ1n) is 8.50. The van der Waals surface area contributed by atoms with Crippen LogP contribution in [0.25, 0.3) is 0 Å². The van der Waals surface area contributed by atoms with Gasteiger partial charge >= 0.3 is 0 Å². The summed E-state index contributed by atoms with van der Waals surface area (Å²) in [4.78, 5) is 3.87. The van der Waals surface area contributed by atoms with E-state index in [4.69, 9.17) is 22.1 Å². The summed E-state index contributed by atoms with van der Waals surface area (Å²) in [6, 6.07) is 10.9. The number of nitrogens with zero attached hydrogens (tertiary/aromatic N) is 2. The van der Waals surface area contributed by atoms with Crippen LogP contribution in [0.2, 0.25) is 5.02 Å². The Morgan fingerprint density at radius 2 is 1.92 bits per heavy atom. The Morgan fingerprint density at radius 3 is 2.62 bits per heavy atom. The highest BCUT2D eigenvalue weighted by atomic mass is 35.5. The minimum absolute atomic E-state index is 0.0332. The van der Waals surface area contributed by atoms with Crippen molar-refractivity contribution in [2.45, 2.75) is 23.8 Å². The van der Waals surface area contributed by atoms with E-state index in [-0.39, 0.29) is 27.2 Å². The van der Waals surface area contributed by atoms with Crippen LogP contribution >= 0.6 is 11.6 Å². The third-order valence-electron chi connectivity index (χ3n) is 5.38. The standard InChI is InChI=1S/C18H20ClN3O3S/c19-14-10-15(17(20)21-11-14)26(23,24)22-12-18(6-8-25-9-7-18)16(22)13-4-2-1-3-5-13/h1-5,10-11,16H,6-9,12H2,(H2,20,21)/t16-/m0/s1. The maximum Gasteiger partial charge on any atom is 0.247 e. The summed E-state index contributed by atoms with van der Waals surface area (Å²) in [5.41, 5.74) is 6.73. The fraction of sp³-hybridized carbons (Fsp3) is 0.389. The summed E-state index contributed by atoms with van der Waals surface area (Å²) in [6.45, 7) is 1.75. The second kappa shape index (κ2) is 6.49. The van der Waals surface area contributed by atoms with Gasteiger partial charge in [-0.3, -0.25) is 0 Å². The number of halogens is 1. The van der Waals surface area contributed by atoms with Gasteiger partial charge in [-0.1, -0.05) is 41.9 Å². The zero-order valence-corrected chi connectivity index (χ0v) is 15.7. The van der Waals surface area contributed by atoms with Crippen molar-refractivity contribution in [3.63, 3.8) is 0 Å². The van der Waals surface area contributed by atoms with Gasteiger partial charge in [0, 0.05) is 31.4 Å². The van der Waals surface area contributed by atoms with Gasteiger partial charge in [0.25, 0.3) is 0 Å². The van der Waals surface area contributed by atoms with E-state index in [1.807, 2.05) is 30.3 Å². The lowest BCUT2D eigenvalue weighted by atomic mass is 9.65. The molecular weight excluding hydrogens is 374 g/mol. The normalized spacial score (nSPS) is 22.9. The van der Waals surface area contributed by atoms with Gasteiger partial charge in [-0.25, -0.2) is 13.4 Å². The fourth-order valence-corrected chi connectivity index (χ4v) is 6.15. The van der Waals surface area contributed by atoms with Gasteiger partial charge < -0.3 is 10.5 Å². The van der Waals surface area contributed by atoms with Crippen molar-refractivity contribution in [1.82, 2.24) is 9.29 Å². The Hall–Kier alpha value is -1.67. The Morgan fingerprint density at radius 1 is 1.23 bits per heavy atom. The topological polar surface area (TPSA) is 85.5 Å². The van der Waals surface area contributed by atoms with Crippen molar-refractivity contribution in [3.8, 4) is 0 Å². The molecule has 1 aromatic carbocycles. The molecule has 4 rings (SSSR count). The third-order valence-corrected chi connectivity index (χ3v) is 7.42. The summed E-state index contributed by atoms with van der Waals surface area (Å²) >= 11 is 5.97. The average molecular weight is 394 g/mol. The van der Waals surface area contributed by atoms with Crippen LogP contribution in [0.15, 0.2) is 47.5 Å². The van der Waals surface area contributed by atoms with E-state index in [0.717, 1.165) is 18.4 Å². The fourth-order valence-electron chi connectivity index (χ4n) is 4.03. The van der Waals surface area contributed by atoms with Crippen LogP contribution in [-0.2, 0) is 14.8 Å². The van der Waals surface area contributed by atoms with E-state index < -0.39 is 10.0 Å². The zero-order chi connectivity index (χ0) is 18.4. The van der Waals surface area contributed by atoms with Crippen LogP contribution < -0.4 is 5.73 Å². The number of nitrogens with two attached hydrogens (primary N) is 1. The Bertz CT molecular complexity index is 915. The number of ether oxygens (including phenoxy) is 1. The molecule has 0 amide bonds. The lowest BCUT2D eigenvalue weighted by Gasteiger charge is -2.58. The maximum atomic E-state index is 13.3. The minimum Gasteiger partial charge on any atom is -0.383 e. The molecule has 0 bridgehead atoms. The predicted octanol–water partition coefficient (Wildman–Crippen LogP) is 2.86. The number of anilines is 1. The SMILES string of the molecule is Nc1ncc(Cl)cc1S(=O)(=O)N1CC2(CCOCC2)[C@@H]1c1ccccc1. The Balaban J connectivity index is 1.77. The van der Waals surface area contributed by atoms with E-state index in [1.165, 1.54) is 16.6 Å². The van der Waals surface area contributed by atoms with E-state index in [2.05, 4.69) is 4.98 Å². The van der Waals surface area contributed by atoms with Crippen molar-refractivity contribution >= 4 is 27.4 Å². The van der Waals surface area contributed by atoms with Gasteiger partial charge in [-0.05, 0) is 24.5 Å². The molecule has 1 atom stereocenters. The number of rotatable bonds is 3. The molecule has 26 heavy (non-hydrogen) atoms. The number of sulfonamides is 1. The molecule has 0 unspecified atom stereocenters. The lowest BCUT2D eigenvalue weighted by Crippen LogP contribution is -2.62. The molecule has 138 valence electrons. The van der Waals surface area contributed by atoms with Crippen LogP contribution in [0.4, 0.5) is 5.82 Å². The smallest absolute Gasteiger partial charge is 0.247 e. The third kappa shape index (κ3) is 2.79. The second-order valence-electron chi connectivity index (χ2n) is 6.88. The van der Waals surface area contributed by atoms with E-state index in [1.54, 1.807) is 0 Å². The largest absolute Gasteiger partial charge is 0.383 e. The van der Waals surface area contributed by atoms with E-state index in [0.29, 0.717) is 19.8 Å². The van der Waals surface area contributed by atoms with E-state index in [9.17, 15) is 8.42 Å². The monoisotopic (exact) mass is 393 g/mol. The molecule has 2 fully saturated rings. The van der Waals surface area contributed by atoms with Crippen LogP contribution in [0.3, 0.4) is 0 Å². The quantitative estimate of drug-likeness (QED) is 0.866. The van der Waals surface area contributed by atoms with Crippen LogP contribution in [0, 0.1) is 5.41 Å². The number of nitrogen functional groups attached to an aromatic ring is 1. The summed E-state index contributed by atoms with van der Waals surface area (Å²) < 4.78 is 33.7. The van der Waals surface area contributed by atoms with Crippen LogP contribution in [-0.4, -0.2) is 37.5 Å². The van der Waals surface area contributed by atoms with E-state index >= 15 is 0 Å². The van der Waals surface area contributed by atoms with Crippen molar-refractivity contribution < 1.29 is 13.2 Å². The predicted molar refractivity (Wildman–Crippen MR) is 99.2 cm³/mol. The molecule has 2 N–H and O–H groups in total. The highest BCUT2D eigenvalue weighted by Crippen LogP contribution is 2.56. The van der Waals surface area contributed by atoms with Crippen LogP contribution in [0.1, 0.15) is 24.4 Å². The number of pyridine rings is 1. The molecule has 0 saturated carbocycles. The van der Waals surface area contributed by atoms with Gasteiger partial charge in [0.15, 0.2) is 0 Å². The molecule has 3 heterocycles. The molecule has 2 aliphatic rings. The number of hydrogen-bond acceptors (Lipinski definition) is 5. The first-order valence-corrected chi connectivity index (χ1v) is 10.3. The number of benzene rings is 1. The first-order chi connectivity index (χ1) is 12.4. The first kappa shape index (κ1) is 17.7. The van der Waals surface area contributed by atoms with Crippen molar-refractivity contribution in [2.75, 3.05) is 25.5 Å². The molecule has 2 saturated heterocycles. The van der Waals surface area contributed by atoms with Crippen LogP contribution in [0.5, 0.6) is 0 Å². The second-order valence-corrected chi connectivity index (χ2v) is 9.17. The van der Waals surface area contributed by atoms with Gasteiger partial charge in [0.1, 0.15) is 10.7 Å². The molecule has 1 spiro atoms. The Labute approximate surface area is 158 Å². The summed E-state index contributed by atoms with van der Waals surface area (Å²) in [6.07, 6.45) is 3.02. The summed E-state index contributed by atoms with van der Waals surface area (Å²) in [7, 11) is -3.81. The van der Waals surface area contributed by atoms with Crippen molar-refractivity contribution in [1.29, 1.82) is 0 Å². The number of hydrogen-bond donors (Lipinski definition) is 1. The molecule has 0 radical (unpaired) electrons. The average Bonchev–Trinajstić information content (AvgIpc) is 2.63. The van der Waals surface area contributed by atoms with Gasteiger partial charge in [-0.2, -0.15) is 4.31 Å². The zero-order valence-electron chi connectivity index (χ0n) is 14.1. The van der Waals surface area contributed by atoms with Gasteiger partial charge in [0.05, 0.1) is 11.1 Å². The molecule has 2 aromatic rings. The van der Waals surface area contributed by atoms with Gasteiger partial charge in [0.2, 0.25) is 10.0 Å². The molecule has 0 aliphatic carbocycles. The van der Waals surface area contributed by atoms with Crippen molar-refractivity contribution in [2.24, 2.45) is 5.41 Å². The summed E-state index contributed by atoms with van der Waals surface area (Å²) in [5.74, 6) is -0.0332. The summed E-state index contributed by atoms with van der Waals surface area (Å²) in [5, 5.41) is 0.246. The molecule has 8 heteroatoms. The molecular formula is C18H20ClN3O3S. The lowest BCUT2D eigenvalue weighted by molar-refractivity contribution is -0.0952. The molecule has 6 nitrogen and oxygen atoms in total. The Kier molecular flexibility index (Phi) is 4.43. The molecule has 2 aliphatic heterocycles. The number of aromatic nitrogens is 1. The minimum atomic E-state index is -3.81. The molecule has 1 aromatic heterocycles. The van der Waals surface area contributed by atoms with Gasteiger partial charge in [-0.15, -0.1) is 0 Å². The highest BCUT2D eigenvalue weighted by Gasteiger charge is 2.58. The van der Waals surface area contributed by atoms with Crippen molar-refractivity contribution in [3.05, 3.63) is 53.2 Å². The highest BCUT2D eigenvalue weighted by molar-refractivity contribution is 7.89.